The highest BCUT2D eigenvalue weighted by Gasteiger charge is 2.20. The number of nitrogen functional groups attached to an aromatic ring is 1. The SMILES string of the molecule is CN(Cc1ncc[nH]1)C(=O)c1cc([N+](=O)[O-])cnc1N. The number of imidazole rings is 1. The van der Waals surface area contributed by atoms with Gasteiger partial charge in [-0.3, -0.25) is 14.9 Å². The number of pyridine rings is 1. The molecule has 0 radical (unpaired) electrons. The van der Waals surface area contributed by atoms with Gasteiger partial charge in [-0.1, -0.05) is 0 Å². The lowest BCUT2D eigenvalue weighted by molar-refractivity contribution is -0.385. The number of nitrogens with zero attached hydrogens (tertiary/aromatic N) is 4. The smallest absolute Gasteiger partial charge is 0.288 e. The van der Waals surface area contributed by atoms with E-state index in [0.29, 0.717) is 5.82 Å². The zero-order chi connectivity index (χ0) is 14.7. The molecule has 0 saturated heterocycles. The summed E-state index contributed by atoms with van der Waals surface area (Å²) in [4.78, 5) is 34.1. The van der Waals surface area contributed by atoms with Crippen molar-refractivity contribution < 1.29 is 9.72 Å². The summed E-state index contributed by atoms with van der Waals surface area (Å²) in [7, 11) is 1.54. The molecule has 0 saturated carbocycles. The molecule has 2 aromatic heterocycles. The van der Waals surface area contributed by atoms with E-state index in [9.17, 15) is 14.9 Å². The van der Waals surface area contributed by atoms with Crippen LogP contribution < -0.4 is 5.73 Å². The van der Waals surface area contributed by atoms with Crippen molar-refractivity contribution >= 4 is 17.4 Å². The molecule has 104 valence electrons. The first-order chi connectivity index (χ1) is 9.49. The van der Waals surface area contributed by atoms with Gasteiger partial charge in [-0.05, 0) is 0 Å². The fourth-order valence-electron chi connectivity index (χ4n) is 1.62. The van der Waals surface area contributed by atoms with Gasteiger partial charge in [-0.2, -0.15) is 0 Å². The molecule has 2 aromatic rings. The molecule has 0 fully saturated rings. The minimum Gasteiger partial charge on any atom is -0.383 e. The van der Waals surface area contributed by atoms with E-state index in [0.717, 1.165) is 12.3 Å². The van der Waals surface area contributed by atoms with Crippen LogP contribution in [-0.4, -0.2) is 37.7 Å². The van der Waals surface area contributed by atoms with Crippen molar-refractivity contribution in [2.24, 2.45) is 0 Å². The molecule has 0 bridgehead atoms. The maximum atomic E-state index is 12.2. The van der Waals surface area contributed by atoms with Gasteiger partial charge in [0.2, 0.25) is 0 Å². The number of amides is 1. The number of hydrogen-bond donors (Lipinski definition) is 2. The van der Waals surface area contributed by atoms with E-state index in [2.05, 4.69) is 15.0 Å². The maximum absolute atomic E-state index is 12.2. The van der Waals surface area contributed by atoms with Gasteiger partial charge in [0.05, 0.1) is 17.0 Å². The lowest BCUT2D eigenvalue weighted by atomic mass is 10.2. The summed E-state index contributed by atoms with van der Waals surface area (Å²) >= 11 is 0. The fraction of sp³-hybridized carbons (Fsp3) is 0.182. The number of rotatable bonds is 4. The number of carbonyl (C=O) groups excluding carboxylic acids is 1. The molecule has 2 rings (SSSR count). The minimum atomic E-state index is -0.629. The third kappa shape index (κ3) is 2.71. The Bertz CT molecular complexity index is 640. The van der Waals surface area contributed by atoms with Crippen LogP contribution in [-0.2, 0) is 6.54 Å². The van der Waals surface area contributed by atoms with E-state index < -0.39 is 10.8 Å². The number of nitro groups is 1. The van der Waals surface area contributed by atoms with Crippen molar-refractivity contribution in [1.29, 1.82) is 0 Å². The van der Waals surface area contributed by atoms with E-state index in [1.807, 2.05) is 0 Å². The topological polar surface area (TPSA) is 131 Å². The fourth-order valence-corrected chi connectivity index (χ4v) is 1.62. The highest BCUT2D eigenvalue weighted by atomic mass is 16.6. The van der Waals surface area contributed by atoms with E-state index in [4.69, 9.17) is 5.73 Å². The van der Waals surface area contributed by atoms with Crippen LogP contribution in [0.3, 0.4) is 0 Å². The van der Waals surface area contributed by atoms with Crippen LogP contribution in [0.4, 0.5) is 11.5 Å². The van der Waals surface area contributed by atoms with Gasteiger partial charge in [0.1, 0.15) is 17.8 Å². The van der Waals surface area contributed by atoms with Crippen molar-refractivity contribution in [3.8, 4) is 0 Å². The number of anilines is 1. The van der Waals surface area contributed by atoms with Crippen LogP contribution in [0.2, 0.25) is 0 Å². The molecular weight excluding hydrogens is 264 g/mol. The van der Waals surface area contributed by atoms with E-state index in [-0.39, 0.29) is 23.6 Å². The van der Waals surface area contributed by atoms with Gasteiger partial charge >= 0.3 is 0 Å². The Labute approximate surface area is 113 Å². The van der Waals surface area contributed by atoms with E-state index in [1.54, 1.807) is 19.4 Å². The van der Waals surface area contributed by atoms with Gasteiger partial charge in [-0.15, -0.1) is 0 Å². The van der Waals surface area contributed by atoms with Gasteiger partial charge < -0.3 is 15.6 Å². The van der Waals surface area contributed by atoms with Crippen LogP contribution in [0.25, 0.3) is 0 Å². The zero-order valence-corrected chi connectivity index (χ0v) is 10.6. The average molecular weight is 276 g/mol. The lowest BCUT2D eigenvalue weighted by Crippen LogP contribution is -2.27. The largest absolute Gasteiger partial charge is 0.383 e. The maximum Gasteiger partial charge on any atom is 0.288 e. The highest BCUT2D eigenvalue weighted by molar-refractivity contribution is 5.98. The van der Waals surface area contributed by atoms with Crippen molar-refractivity contribution in [3.05, 3.63) is 46.2 Å². The highest BCUT2D eigenvalue weighted by Crippen LogP contribution is 2.18. The van der Waals surface area contributed by atoms with Crippen molar-refractivity contribution in [2.45, 2.75) is 6.54 Å². The van der Waals surface area contributed by atoms with Gasteiger partial charge in [-0.25, -0.2) is 9.97 Å². The Balaban J connectivity index is 2.23. The first-order valence-corrected chi connectivity index (χ1v) is 5.62. The second-order valence-corrected chi connectivity index (χ2v) is 4.08. The Kier molecular flexibility index (Phi) is 3.60. The molecule has 0 aromatic carbocycles. The number of hydrogen-bond acceptors (Lipinski definition) is 6. The molecule has 0 aliphatic heterocycles. The van der Waals surface area contributed by atoms with Gasteiger partial charge in [0, 0.05) is 25.5 Å². The lowest BCUT2D eigenvalue weighted by Gasteiger charge is -2.16. The second-order valence-electron chi connectivity index (χ2n) is 4.08. The summed E-state index contributed by atoms with van der Waals surface area (Å²) in [6.07, 6.45) is 4.21. The van der Waals surface area contributed by atoms with Crippen LogP contribution >= 0.6 is 0 Å². The predicted octanol–water partition coefficient (Wildman–Crippen LogP) is 0.567. The minimum absolute atomic E-state index is 0.00624. The normalized spacial score (nSPS) is 10.2. The third-order valence-electron chi connectivity index (χ3n) is 2.63. The Morgan fingerprint density at radius 1 is 1.55 bits per heavy atom. The first kappa shape index (κ1) is 13.5. The summed E-state index contributed by atoms with van der Waals surface area (Å²) in [6, 6.07) is 1.11. The Morgan fingerprint density at radius 3 is 2.90 bits per heavy atom. The molecule has 20 heavy (non-hydrogen) atoms. The van der Waals surface area contributed by atoms with E-state index in [1.165, 1.54) is 4.90 Å². The molecule has 0 unspecified atom stereocenters. The monoisotopic (exact) mass is 276 g/mol. The number of aromatic nitrogens is 3. The second kappa shape index (κ2) is 5.34. The van der Waals surface area contributed by atoms with Crippen LogP contribution in [0.1, 0.15) is 16.2 Å². The van der Waals surface area contributed by atoms with Crippen molar-refractivity contribution in [1.82, 2.24) is 19.9 Å². The van der Waals surface area contributed by atoms with Crippen molar-refractivity contribution in [3.63, 3.8) is 0 Å². The molecule has 0 spiro atoms. The molecule has 0 aliphatic carbocycles. The number of nitrogens with two attached hydrogens (primary N) is 1. The zero-order valence-electron chi connectivity index (χ0n) is 10.6. The third-order valence-corrected chi connectivity index (χ3v) is 2.63. The standard InChI is InChI=1S/C11H12N6O3/c1-16(6-9-13-2-3-14-9)11(18)8-4-7(17(19)20)5-15-10(8)12/h2-5H,6H2,1H3,(H2,12,15)(H,13,14). The van der Waals surface area contributed by atoms with Gasteiger partial charge in [0.15, 0.2) is 0 Å². The summed E-state index contributed by atoms with van der Waals surface area (Å²) in [6.45, 7) is 0.230. The summed E-state index contributed by atoms with van der Waals surface area (Å²) in [5.41, 5.74) is 5.31. The van der Waals surface area contributed by atoms with Crippen LogP contribution in [0.5, 0.6) is 0 Å². The molecular formula is C11H12N6O3. The molecule has 9 heteroatoms. The molecule has 0 atom stereocenters. The van der Waals surface area contributed by atoms with Crippen LogP contribution in [0, 0.1) is 10.1 Å². The Hall–Kier alpha value is -2.97. The average Bonchev–Trinajstić information content (AvgIpc) is 2.91. The van der Waals surface area contributed by atoms with Crippen molar-refractivity contribution in [2.75, 3.05) is 12.8 Å². The molecule has 0 aliphatic rings. The van der Waals surface area contributed by atoms with Gasteiger partial charge in [0.25, 0.3) is 11.6 Å². The number of nitrogens with one attached hydrogen (secondary N) is 1. The van der Waals surface area contributed by atoms with Crippen LogP contribution in [0.15, 0.2) is 24.7 Å². The number of aromatic amines is 1. The Morgan fingerprint density at radius 2 is 2.30 bits per heavy atom. The molecule has 2 heterocycles. The predicted molar refractivity (Wildman–Crippen MR) is 69.7 cm³/mol. The number of H-pyrrole nitrogens is 1. The molecule has 1 amide bonds. The summed E-state index contributed by atoms with van der Waals surface area (Å²) in [5.74, 6) is 0.0832. The first-order valence-electron chi connectivity index (χ1n) is 5.62. The van der Waals surface area contributed by atoms with E-state index >= 15 is 0 Å². The summed E-state index contributed by atoms with van der Waals surface area (Å²) in [5, 5.41) is 10.7. The molecule has 3 N–H and O–H groups in total. The quantitative estimate of drug-likeness (QED) is 0.619. The summed E-state index contributed by atoms with van der Waals surface area (Å²) < 4.78 is 0. The molecule has 9 nitrogen and oxygen atoms in total. The number of carbonyl (C=O) groups is 1.